The van der Waals surface area contributed by atoms with Gasteiger partial charge < -0.3 is 20.1 Å². The van der Waals surface area contributed by atoms with E-state index in [0.717, 1.165) is 12.8 Å². The normalized spacial score (nSPS) is 12.3. The van der Waals surface area contributed by atoms with E-state index in [1.165, 1.54) is 17.5 Å². The highest BCUT2D eigenvalue weighted by molar-refractivity contribution is 6.04. The molecule has 0 fully saturated rings. The molecule has 0 aliphatic heterocycles. The van der Waals surface area contributed by atoms with Gasteiger partial charge in [0.2, 0.25) is 0 Å². The van der Waals surface area contributed by atoms with Crippen LogP contribution in [0.2, 0.25) is 0 Å². The third kappa shape index (κ3) is 5.08. The number of aryl methyl sites for hydroxylation is 2. The fourth-order valence-electron chi connectivity index (χ4n) is 3.13. The molecule has 6 nitrogen and oxygen atoms in total. The van der Waals surface area contributed by atoms with Gasteiger partial charge in [-0.05, 0) is 54.7 Å². The quantitative estimate of drug-likeness (QED) is 0.702. The topological polar surface area (TPSA) is 76.7 Å². The number of ether oxygens (including phenoxy) is 2. The molecule has 0 heterocycles. The second kappa shape index (κ2) is 9.19. The van der Waals surface area contributed by atoms with Crippen molar-refractivity contribution in [3.8, 4) is 5.75 Å². The first kappa shape index (κ1) is 18.9. The summed E-state index contributed by atoms with van der Waals surface area (Å²) in [6, 6.07) is 12.8. The van der Waals surface area contributed by atoms with Crippen LogP contribution in [0.1, 0.15) is 27.9 Å². The molecular formula is C21H24N2O4. The highest BCUT2D eigenvalue weighted by Crippen LogP contribution is 2.26. The van der Waals surface area contributed by atoms with Gasteiger partial charge in [-0.25, -0.2) is 0 Å². The summed E-state index contributed by atoms with van der Waals surface area (Å²) in [6.07, 6.45) is 3.34. The Labute approximate surface area is 158 Å². The molecule has 2 amide bonds. The van der Waals surface area contributed by atoms with Gasteiger partial charge in [0.1, 0.15) is 5.75 Å². The highest BCUT2D eigenvalue weighted by atomic mass is 16.5. The van der Waals surface area contributed by atoms with E-state index in [2.05, 4.69) is 16.7 Å². The van der Waals surface area contributed by atoms with Gasteiger partial charge in [0.25, 0.3) is 11.8 Å². The zero-order chi connectivity index (χ0) is 19.1. The molecule has 2 N–H and O–H groups in total. The minimum atomic E-state index is -0.312. The van der Waals surface area contributed by atoms with Gasteiger partial charge in [-0.3, -0.25) is 9.59 Å². The lowest BCUT2D eigenvalue weighted by Crippen LogP contribution is -2.28. The molecule has 27 heavy (non-hydrogen) atoms. The summed E-state index contributed by atoms with van der Waals surface area (Å²) in [5.41, 5.74) is 3.51. The fourth-order valence-corrected chi connectivity index (χ4v) is 3.13. The molecule has 2 aromatic carbocycles. The first-order chi connectivity index (χ1) is 13.2. The maximum atomic E-state index is 12.3. The molecule has 6 heteroatoms. The van der Waals surface area contributed by atoms with Crippen molar-refractivity contribution in [2.45, 2.75) is 19.3 Å². The number of methoxy groups -OCH3 is 1. The zero-order valence-corrected chi connectivity index (χ0v) is 15.4. The molecule has 0 atom stereocenters. The number of hydrogen-bond donors (Lipinski definition) is 2. The first-order valence-corrected chi connectivity index (χ1v) is 9.08. The Morgan fingerprint density at radius 3 is 2.74 bits per heavy atom. The monoisotopic (exact) mass is 368 g/mol. The van der Waals surface area contributed by atoms with Gasteiger partial charge in [0.05, 0.1) is 17.9 Å². The third-order valence-corrected chi connectivity index (χ3v) is 4.48. The number of fused-ring (bicyclic) bond motifs is 1. The molecule has 1 aliphatic carbocycles. The zero-order valence-electron chi connectivity index (χ0n) is 15.4. The van der Waals surface area contributed by atoms with Crippen LogP contribution >= 0.6 is 0 Å². The van der Waals surface area contributed by atoms with Crippen molar-refractivity contribution in [1.29, 1.82) is 0 Å². The predicted molar refractivity (Wildman–Crippen MR) is 103 cm³/mol. The molecule has 0 spiro atoms. The average molecular weight is 368 g/mol. The minimum Gasteiger partial charge on any atom is -0.484 e. The Morgan fingerprint density at radius 1 is 1.07 bits per heavy atom. The van der Waals surface area contributed by atoms with E-state index < -0.39 is 0 Å². The molecule has 3 rings (SSSR count). The first-order valence-electron chi connectivity index (χ1n) is 9.08. The number of hydrogen-bond acceptors (Lipinski definition) is 4. The van der Waals surface area contributed by atoms with Gasteiger partial charge in [0, 0.05) is 13.7 Å². The van der Waals surface area contributed by atoms with Crippen LogP contribution in [-0.2, 0) is 22.4 Å². The van der Waals surface area contributed by atoms with E-state index in [4.69, 9.17) is 9.47 Å². The van der Waals surface area contributed by atoms with Crippen molar-refractivity contribution in [2.24, 2.45) is 0 Å². The number of benzene rings is 2. The molecule has 0 radical (unpaired) electrons. The molecular weight excluding hydrogens is 344 g/mol. The second-order valence-electron chi connectivity index (χ2n) is 6.42. The summed E-state index contributed by atoms with van der Waals surface area (Å²) < 4.78 is 10.5. The maximum absolute atomic E-state index is 12.3. The molecule has 0 saturated heterocycles. The molecule has 0 unspecified atom stereocenters. The van der Waals surface area contributed by atoms with Crippen LogP contribution in [0.15, 0.2) is 42.5 Å². The molecule has 0 saturated carbocycles. The predicted octanol–water partition coefficient (Wildman–Crippen LogP) is 2.57. The van der Waals surface area contributed by atoms with Crippen LogP contribution in [0.5, 0.6) is 5.75 Å². The van der Waals surface area contributed by atoms with E-state index in [1.54, 1.807) is 31.4 Å². The maximum Gasteiger partial charge on any atom is 0.262 e. The molecule has 0 bridgehead atoms. The van der Waals surface area contributed by atoms with Gasteiger partial charge in [-0.2, -0.15) is 0 Å². The van der Waals surface area contributed by atoms with E-state index >= 15 is 0 Å². The number of rotatable bonds is 8. The van der Waals surface area contributed by atoms with Crippen LogP contribution in [0, 0.1) is 0 Å². The second-order valence-corrected chi connectivity index (χ2v) is 6.42. The summed E-state index contributed by atoms with van der Waals surface area (Å²) in [7, 11) is 1.57. The Hall–Kier alpha value is -2.86. The van der Waals surface area contributed by atoms with Gasteiger partial charge in [0.15, 0.2) is 6.61 Å². The third-order valence-electron chi connectivity index (χ3n) is 4.48. The number of amides is 2. The number of carbonyl (C=O) groups excluding carboxylic acids is 2. The van der Waals surface area contributed by atoms with Crippen LogP contribution < -0.4 is 15.4 Å². The van der Waals surface area contributed by atoms with E-state index in [0.29, 0.717) is 30.2 Å². The standard InChI is InChI=1S/C21H24N2O4/c1-26-12-11-22-21(25)18-7-2-3-8-19(18)23-20(24)14-27-17-10-9-15-5-4-6-16(15)13-17/h2-3,7-10,13H,4-6,11-12,14H2,1H3,(H,22,25)(H,23,24). The molecule has 1 aliphatic rings. The SMILES string of the molecule is COCCNC(=O)c1ccccc1NC(=O)COc1ccc2c(c1)CCC2. The lowest BCUT2D eigenvalue weighted by molar-refractivity contribution is -0.118. The summed E-state index contributed by atoms with van der Waals surface area (Å²) in [6.45, 7) is 0.715. The van der Waals surface area contributed by atoms with Crippen molar-refractivity contribution in [2.75, 3.05) is 32.2 Å². The van der Waals surface area contributed by atoms with E-state index in [1.807, 2.05) is 12.1 Å². The molecule has 142 valence electrons. The van der Waals surface area contributed by atoms with Crippen molar-refractivity contribution in [1.82, 2.24) is 5.32 Å². The van der Waals surface area contributed by atoms with Crippen LogP contribution in [0.3, 0.4) is 0 Å². The van der Waals surface area contributed by atoms with Crippen LogP contribution in [0.25, 0.3) is 0 Å². The minimum absolute atomic E-state index is 0.113. The van der Waals surface area contributed by atoms with E-state index in [-0.39, 0.29) is 18.4 Å². The lowest BCUT2D eigenvalue weighted by Gasteiger charge is -2.12. The molecule has 0 aromatic heterocycles. The lowest BCUT2D eigenvalue weighted by atomic mass is 10.1. The number of nitrogens with one attached hydrogen (secondary N) is 2. The average Bonchev–Trinajstić information content (AvgIpc) is 3.15. The fraction of sp³-hybridized carbons (Fsp3) is 0.333. The van der Waals surface area contributed by atoms with Crippen molar-refractivity contribution in [3.05, 3.63) is 59.2 Å². The Morgan fingerprint density at radius 2 is 1.89 bits per heavy atom. The van der Waals surface area contributed by atoms with Crippen LogP contribution in [-0.4, -0.2) is 38.7 Å². The smallest absolute Gasteiger partial charge is 0.262 e. The van der Waals surface area contributed by atoms with Gasteiger partial charge >= 0.3 is 0 Å². The van der Waals surface area contributed by atoms with Crippen molar-refractivity contribution < 1.29 is 19.1 Å². The summed E-state index contributed by atoms with van der Waals surface area (Å²) in [5, 5.41) is 5.50. The Balaban J connectivity index is 1.57. The Kier molecular flexibility index (Phi) is 6.44. The highest BCUT2D eigenvalue weighted by Gasteiger charge is 2.14. The van der Waals surface area contributed by atoms with Gasteiger partial charge in [-0.1, -0.05) is 18.2 Å². The number of para-hydroxylation sites is 1. The molecule has 2 aromatic rings. The summed E-state index contributed by atoms with van der Waals surface area (Å²) in [4.78, 5) is 24.5. The van der Waals surface area contributed by atoms with E-state index in [9.17, 15) is 9.59 Å². The Bertz CT molecular complexity index is 820. The summed E-state index contributed by atoms with van der Waals surface area (Å²) in [5.74, 6) is 0.117. The van der Waals surface area contributed by atoms with Crippen LogP contribution in [0.4, 0.5) is 5.69 Å². The number of carbonyl (C=O) groups is 2. The van der Waals surface area contributed by atoms with Crippen molar-refractivity contribution in [3.63, 3.8) is 0 Å². The van der Waals surface area contributed by atoms with Gasteiger partial charge in [-0.15, -0.1) is 0 Å². The number of anilines is 1. The largest absolute Gasteiger partial charge is 0.484 e. The van der Waals surface area contributed by atoms with Crippen molar-refractivity contribution >= 4 is 17.5 Å². The summed E-state index contributed by atoms with van der Waals surface area (Å²) >= 11 is 0.